The fourth-order valence-corrected chi connectivity index (χ4v) is 6.89. The number of amides is 1. The van der Waals surface area contributed by atoms with Gasteiger partial charge >= 0.3 is 0 Å². The second kappa shape index (κ2) is 13.3. The first-order valence-electron chi connectivity index (χ1n) is 13.1. The third kappa shape index (κ3) is 7.06. The van der Waals surface area contributed by atoms with Gasteiger partial charge in [-0.25, -0.2) is 0 Å². The van der Waals surface area contributed by atoms with E-state index < -0.39 is 7.92 Å². The SMILES string of the molecule is CC(=O)c1ccc2cc(N(C)CC(=O)N(CCCN)CCP(c3ccccc3)c3ccccc3)ccc2c1. The van der Waals surface area contributed by atoms with Crippen molar-refractivity contribution in [2.75, 3.05) is 44.3 Å². The standard InChI is InChI=1S/C32H36N3O2P/c1-25(36)26-14-15-28-23-29(17-16-27(28)22-26)34(2)24-32(37)35(19-9-18-33)20-21-38(30-10-5-3-6-11-30)31-12-7-4-8-13-31/h3-8,10-17,22-23H,9,18-21,24,33H2,1-2H3. The number of anilines is 1. The van der Waals surface area contributed by atoms with Crippen LogP contribution < -0.4 is 21.2 Å². The van der Waals surface area contributed by atoms with Crippen molar-refractivity contribution < 1.29 is 9.59 Å². The van der Waals surface area contributed by atoms with E-state index in [0.29, 0.717) is 25.2 Å². The summed E-state index contributed by atoms with van der Waals surface area (Å²) in [5.41, 5.74) is 7.50. The van der Waals surface area contributed by atoms with Gasteiger partial charge in [0.25, 0.3) is 0 Å². The molecule has 2 N–H and O–H groups in total. The minimum absolute atomic E-state index is 0.0551. The molecule has 196 valence electrons. The predicted molar refractivity (Wildman–Crippen MR) is 161 cm³/mol. The van der Waals surface area contributed by atoms with E-state index in [-0.39, 0.29) is 18.2 Å². The fraction of sp³-hybridized carbons (Fsp3) is 0.250. The summed E-state index contributed by atoms with van der Waals surface area (Å²) in [7, 11) is 1.37. The van der Waals surface area contributed by atoms with Crippen molar-refractivity contribution in [3.05, 3.63) is 103 Å². The Balaban J connectivity index is 1.48. The van der Waals surface area contributed by atoms with Crippen molar-refractivity contribution in [3.63, 3.8) is 0 Å². The Hall–Kier alpha value is -3.53. The van der Waals surface area contributed by atoms with Crippen molar-refractivity contribution in [1.29, 1.82) is 0 Å². The summed E-state index contributed by atoms with van der Waals surface area (Å²) in [4.78, 5) is 29.2. The van der Waals surface area contributed by atoms with E-state index in [9.17, 15) is 9.59 Å². The van der Waals surface area contributed by atoms with Crippen molar-refractivity contribution in [2.24, 2.45) is 5.73 Å². The highest BCUT2D eigenvalue weighted by Crippen LogP contribution is 2.33. The van der Waals surface area contributed by atoms with Crippen molar-refractivity contribution >= 4 is 46.7 Å². The molecule has 0 aliphatic heterocycles. The van der Waals surface area contributed by atoms with E-state index in [2.05, 4.69) is 54.6 Å². The molecule has 0 aliphatic carbocycles. The molecule has 0 fully saturated rings. The normalized spacial score (nSPS) is 11.1. The van der Waals surface area contributed by atoms with Crippen LogP contribution in [-0.4, -0.2) is 56.0 Å². The molecular weight excluding hydrogens is 489 g/mol. The Labute approximate surface area is 227 Å². The molecule has 0 saturated carbocycles. The Kier molecular flexibility index (Phi) is 9.64. The number of rotatable bonds is 12. The van der Waals surface area contributed by atoms with Gasteiger partial charge in [-0.3, -0.25) is 9.59 Å². The van der Waals surface area contributed by atoms with E-state index in [1.165, 1.54) is 10.6 Å². The van der Waals surface area contributed by atoms with Crippen molar-refractivity contribution in [3.8, 4) is 0 Å². The molecule has 0 aliphatic rings. The summed E-state index contributed by atoms with van der Waals surface area (Å²) in [6.45, 7) is 3.76. The summed E-state index contributed by atoms with van der Waals surface area (Å²) < 4.78 is 0. The highest BCUT2D eigenvalue weighted by atomic mass is 31.1. The Bertz CT molecular complexity index is 1320. The second-order valence-electron chi connectivity index (χ2n) is 9.50. The fourth-order valence-electron chi connectivity index (χ4n) is 4.57. The lowest BCUT2D eigenvalue weighted by atomic mass is 10.0. The first-order chi connectivity index (χ1) is 18.5. The maximum Gasteiger partial charge on any atom is 0.242 e. The van der Waals surface area contributed by atoms with E-state index in [1.807, 2.05) is 59.3 Å². The van der Waals surface area contributed by atoms with Crippen LogP contribution in [0.15, 0.2) is 97.1 Å². The van der Waals surface area contributed by atoms with Crippen LogP contribution in [0, 0.1) is 0 Å². The van der Waals surface area contributed by atoms with Gasteiger partial charge in [0.2, 0.25) is 5.91 Å². The van der Waals surface area contributed by atoms with E-state index in [1.54, 1.807) is 6.92 Å². The van der Waals surface area contributed by atoms with E-state index in [0.717, 1.165) is 29.0 Å². The number of carbonyl (C=O) groups excluding carboxylic acids is 2. The van der Waals surface area contributed by atoms with Crippen LogP contribution in [0.25, 0.3) is 10.8 Å². The number of hydrogen-bond donors (Lipinski definition) is 1. The van der Waals surface area contributed by atoms with Crippen LogP contribution in [0.1, 0.15) is 23.7 Å². The number of fused-ring (bicyclic) bond motifs is 1. The smallest absolute Gasteiger partial charge is 0.242 e. The largest absolute Gasteiger partial charge is 0.365 e. The lowest BCUT2D eigenvalue weighted by Crippen LogP contribution is -2.41. The zero-order chi connectivity index (χ0) is 26.9. The minimum atomic E-state index is -0.577. The molecule has 0 heterocycles. The predicted octanol–water partition coefficient (Wildman–Crippen LogP) is 4.79. The molecule has 0 aromatic heterocycles. The van der Waals surface area contributed by atoms with Gasteiger partial charge in [-0.05, 0) is 73.6 Å². The summed E-state index contributed by atoms with van der Waals surface area (Å²) in [6.07, 6.45) is 1.68. The van der Waals surface area contributed by atoms with Gasteiger partial charge in [0.05, 0.1) is 6.54 Å². The molecule has 0 spiro atoms. The van der Waals surface area contributed by atoms with Gasteiger partial charge in [0.1, 0.15) is 0 Å². The first kappa shape index (κ1) is 27.5. The molecule has 4 aromatic carbocycles. The zero-order valence-electron chi connectivity index (χ0n) is 22.2. The van der Waals surface area contributed by atoms with Crippen molar-refractivity contribution in [1.82, 2.24) is 4.90 Å². The van der Waals surface area contributed by atoms with Crippen molar-refractivity contribution in [2.45, 2.75) is 13.3 Å². The number of likely N-dealkylation sites (N-methyl/N-ethyl adjacent to an activating group) is 1. The molecule has 0 radical (unpaired) electrons. The van der Waals surface area contributed by atoms with Gasteiger partial charge in [-0.2, -0.15) is 0 Å². The average Bonchev–Trinajstić information content (AvgIpc) is 2.95. The molecular formula is C32H36N3O2P. The van der Waals surface area contributed by atoms with Gasteiger partial charge in [0.15, 0.2) is 5.78 Å². The maximum absolute atomic E-state index is 13.5. The molecule has 1 amide bonds. The maximum atomic E-state index is 13.5. The van der Waals surface area contributed by atoms with E-state index >= 15 is 0 Å². The lowest BCUT2D eigenvalue weighted by Gasteiger charge is -2.28. The number of nitrogens with zero attached hydrogens (tertiary/aromatic N) is 2. The molecule has 4 aromatic rings. The van der Waals surface area contributed by atoms with Crippen LogP contribution in [0.4, 0.5) is 5.69 Å². The van der Waals surface area contributed by atoms with Crippen LogP contribution in [0.5, 0.6) is 0 Å². The Morgan fingerprint density at radius 2 is 1.39 bits per heavy atom. The van der Waals surface area contributed by atoms with Gasteiger partial charge in [-0.1, -0.05) is 78.9 Å². The van der Waals surface area contributed by atoms with Crippen LogP contribution in [0.3, 0.4) is 0 Å². The van der Waals surface area contributed by atoms with Crippen LogP contribution >= 0.6 is 7.92 Å². The molecule has 0 unspecified atom stereocenters. The van der Waals surface area contributed by atoms with E-state index in [4.69, 9.17) is 5.73 Å². The third-order valence-corrected chi connectivity index (χ3v) is 9.25. The van der Waals surface area contributed by atoms with Crippen LogP contribution in [-0.2, 0) is 4.79 Å². The van der Waals surface area contributed by atoms with Crippen LogP contribution in [0.2, 0.25) is 0 Å². The number of nitrogens with two attached hydrogens (primary N) is 1. The third-order valence-electron chi connectivity index (χ3n) is 6.76. The second-order valence-corrected chi connectivity index (χ2v) is 11.8. The summed E-state index contributed by atoms with van der Waals surface area (Å²) in [6, 6.07) is 33.0. The Morgan fingerprint density at radius 1 is 0.789 bits per heavy atom. The first-order valence-corrected chi connectivity index (χ1v) is 14.6. The monoisotopic (exact) mass is 525 g/mol. The lowest BCUT2D eigenvalue weighted by molar-refractivity contribution is -0.129. The highest BCUT2D eigenvalue weighted by Gasteiger charge is 2.20. The number of benzene rings is 4. The molecule has 0 bridgehead atoms. The molecule has 4 rings (SSSR count). The highest BCUT2D eigenvalue weighted by molar-refractivity contribution is 7.73. The summed E-state index contributed by atoms with van der Waals surface area (Å²) >= 11 is 0. The molecule has 5 nitrogen and oxygen atoms in total. The Morgan fingerprint density at radius 3 is 2.00 bits per heavy atom. The van der Waals surface area contributed by atoms with Gasteiger partial charge in [0, 0.05) is 31.4 Å². The quantitative estimate of drug-likeness (QED) is 0.213. The molecule has 0 atom stereocenters. The topological polar surface area (TPSA) is 66.6 Å². The number of hydrogen-bond acceptors (Lipinski definition) is 4. The zero-order valence-corrected chi connectivity index (χ0v) is 23.1. The van der Waals surface area contributed by atoms with Gasteiger partial charge in [-0.15, -0.1) is 0 Å². The number of carbonyl (C=O) groups is 2. The summed E-state index contributed by atoms with van der Waals surface area (Å²) in [5.74, 6) is 0.156. The van der Waals surface area contributed by atoms with Gasteiger partial charge < -0.3 is 15.5 Å². The molecule has 38 heavy (non-hydrogen) atoms. The minimum Gasteiger partial charge on any atom is -0.365 e. The summed E-state index contributed by atoms with van der Waals surface area (Å²) in [5, 5.41) is 4.70. The number of ketones is 1. The molecule has 0 saturated heterocycles. The average molecular weight is 526 g/mol. The molecule has 6 heteroatoms. The number of Topliss-reactive ketones (excluding diaryl/α,β-unsaturated/α-hetero) is 1.